The molecule has 0 bridgehead atoms. The van der Waals surface area contributed by atoms with Crippen molar-refractivity contribution in [3.63, 3.8) is 0 Å². The maximum absolute atomic E-state index is 11.3. The molecule has 1 rings (SSSR count). The van der Waals surface area contributed by atoms with E-state index in [1.807, 2.05) is 36.6 Å². The van der Waals surface area contributed by atoms with Gasteiger partial charge in [0.15, 0.2) is 0 Å². The Morgan fingerprint density at radius 1 is 1.04 bits per heavy atom. The highest BCUT2D eigenvalue weighted by atomic mass is 32.2. The minimum atomic E-state index is -5.37. The molecular formula is C13H23O8P2S+. The maximum atomic E-state index is 11.3. The topological polar surface area (TPSA) is 145 Å². The predicted octanol–water partition coefficient (Wildman–Crippen LogP) is 1.10. The van der Waals surface area contributed by atoms with E-state index in [9.17, 15) is 14.2 Å². The first-order valence-electron chi connectivity index (χ1n) is 7.08. The lowest BCUT2D eigenvalue weighted by atomic mass is 10.3. The predicted molar refractivity (Wildman–Crippen MR) is 93.2 cm³/mol. The van der Waals surface area contributed by atoms with Crippen LogP contribution < -0.4 is 4.74 Å². The quantitative estimate of drug-likeness (QED) is 0.223. The lowest BCUT2D eigenvalue weighted by Gasteiger charge is -2.28. The maximum Gasteiger partial charge on any atom is 0.369 e. The molecule has 1 aromatic carbocycles. The zero-order valence-corrected chi connectivity index (χ0v) is 15.8. The standard InChI is InChI=1S/C13H22O8P2S/c1-24(10-5-9-21-12-6-3-2-4-7-12)11-8-13(14,22(15,16)17)23(18,19)20/h2-4,6-7,14H,5,8-11H2,1H3,(H3-,15,16,17,18,19,20)/p+1. The number of ether oxygens (including phenoxy) is 1. The number of hydrogen-bond acceptors (Lipinski definition) is 4. The van der Waals surface area contributed by atoms with E-state index in [4.69, 9.17) is 24.3 Å². The van der Waals surface area contributed by atoms with Gasteiger partial charge in [0.05, 0.1) is 12.9 Å². The molecule has 8 nitrogen and oxygen atoms in total. The lowest BCUT2D eigenvalue weighted by molar-refractivity contribution is 0.128. The van der Waals surface area contributed by atoms with Crippen molar-refractivity contribution in [1.29, 1.82) is 0 Å². The third-order valence-corrected chi connectivity index (χ3v) is 9.13. The molecule has 0 aliphatic heterocycles. The van der Waals surface area contributed by atoms with E-state index in [-0.39, 0.29) is 16.6 Å². The van der Waals surface area contributed by atoms with Crippen LogP contribution in [0.1, 0.15) is 12.8 Å². The summed E-state index contributed by atoms with van der Waals surface area (Å²) >= 11 is 0. The van der Waals surface area contributed by atoms with E-state index in [2.05, 4.69) is 0 Å². The molecule has 0 saturated heterocycles. The van der Waals surface area contributed by atoms with Crippen LogP contribution in [0.5, 0.6) is 5.75 Å². The van der Waals surface area contributed by atoms with Crippen LogP contribution in [0, 0.1) is 0 Å². The van der Waals surface area contributed by atoms with Gasteiger partial charge in [-0.15, -0.1) is 0 Å². The van der Waals surface area contributed by atoms with Crippen LogP contribution in [-0.2, 0) is 20.0 Å². The van der Waals surface area contributed by atoms with Gasteiger partial charge in [-0.05, 0) is 23.0 Å². The van der Waals surface area contributed by atoms with Gasteiger partial charge in [0.2, 0.25) is 0 Å². The van der Waals surface area contributed by atoms with Gasteiger partial charge in [0.1, 0.15) is 17.3 Å². The minimum Gasteiger partial charge on any atom is -0.493 e. The van der Waals surface area contributed by atoms with Gasteiger partial charge in [0.25, 0.3) is 5.08 Å². The highest BCUT2D eigenvalue weighted by Crippen LogP contribution is 2.68. The number of rotatable bonds is 10. The molecule has 0 fully saturated rings. The molecule has 1 aromatic rings. The Morgan fingerprint density at radius 3 is 2.08 bits per heavy atom. The Kier molecular flexibility index (Phi) is 7.97. The van der Waals surface area contributed by atoms with E-state index in [0.29, 0.717) is 18.8 Å². The second kappa shape index (κ2) is 8.83. The van der Waals surface area contributed by atoms with Crippen LogP contribution >= 0.6 is 15.2 Å². The van der Waals surface area contributed by atoms with Crippen molar-refractivity contribution in [2.75, 3.05) is 24.4 Å². The van der Waals surface area contributed by atoms with Crippen LogP contribution in [0.4, 0.5) is 0 Å². The average molecular weight is 401 g/mol. The summed E-state index contributed by atoms with van der Waals surface area (Å²) in [4.78, 5) is 36.3. The zero-order valence-electron chi connectivity index (χ0n) is 13.2. The van der Waals surface area contributed by atoms with E-state index in [0.717, 1.165) is 5.75 Å². The van der Waals surface area contributed by atoms with Crippen molar-refractivity contribution in [2.45, 2.75) is 17.9 Å². The number of para-hydroxylation sites is 1. The Bertz CT molecular complexity index is 577. The van der Waals surface area contributed by atoms with E-state index >= 15 is 0 Å². The number of benzene rings is 1. The smallest absolute Gasteiger partial charge is 0.369 e. The summed E-state index contributed by atoms with van der Waals surface area (Å²) in [6, 6.07) is 9.23. The van der Waals surface area contributed by atoms with Crippen molar-refractivity contribution in [2.24, 2.45) is 0 Å². The van der Waals surface area contributed by atoms with Crippen LogP contribution in [0.2, 0.25) is 0 Å². The van der Waals surface area contributed by atoms with E-state index in [1.165, 1.54) is 0 Å². The summed E-state index contributed by atoms with van der Waals surface area (Å²) < 4.78 is 28.0. The first-order valence-corrected chi connectivity index (χ1v) is 12.3. The SMILES string of the molecule is C[S+](CCCOc1ccccc1)CCC(O)(P(=O)(O)O)P(=O)(O)O. The zero-order chi connectivity index (χ0) is 18.4. The van der Waals surface area contributed by atoms with Crippen molar-refractivity contribution < 1.29 is 38.5 Å². The van der Waals surface area contributed by atoms with Gasteiger partial charge in [-0.25, -0.2) is 0 Å². The molecular weight excluding hydrogens is 378 g/mol. The molecule has 0 spiro atoms. The Balaban J connectivity index is 2.43. The van der Waals surface area contributed by atoms with Crippen LogP contribution in [0.25, 0.3) is 0 Å². The monoisotopic (exact) mass is 401 g/mol. The first kappa shape index (κ1) is 21.7. The highest BCUT2D eigenvalue weighted by Gasteiger charge is 2.59. The third kappa shape index (κ3) is 6.17. The second-order valence-electron chi connectivity index (χ2n) is 5.32. The van der Waals surface area contributed by atoms with Crippen molar-refractivity contribution in [3.05, 3.63) is 30.3 Å². The van der Waals surface area contributed by atoms with E-state index in [1.54, 1.807) is 0 Å². The molecule has 0 saturated carbocycles. The normalized spacial score (nSPS) is 14.4. The van der Waals surface area contributed by atoms with Gasteiger partial charge in [0, 0.05) is 12.8 Å². The van der Waals surface area contributed by atoms with Crippen molar-refractivity contribution in [1.82, 2.24) is 0 Å². The summed E-state index contributed by atoms with van der Waals surface area (Å²) in [6.45, 7) is 0.461. The Labute approximate surface area is 143 Å². The first-order chi connectivity index (χ1) is 11.0. The molecule has 0 aromatic heterocycles. The van der Waals surface area contributed by atoms with Gasteiger partial charge < -0.3 is 29.4 Å². The van der Waals surface area contributed by atoms with Crippen molar-refractivity contribution in [3.8, 4) is 5.75 Å². The van der Waals surface area contributed by atoms with Crippen LogP contribution in [0.3, 0.4) is 0 Å². The second-order valence-corrected chi connectivity index (χ2v) is 11.7. The molecule has 1 unspecified atom stereocenters. The average Bonchev–Trinajstić information content (AvgIpc) is 2.48. The fourth-order valence-corrected chi connectivity index (χ4v) is 5.81. The highest BCUT2D eigenvalue weighted by molar-refractivity contribution is 7.96. The fourth-order valence-electron chi connectivity index (χ4n) is 1.89. The summed E-state index contributed by atoms with van der Waals surface area (Å²) in [6.07, 6.45) is 1.82. The summed E-state index contributed by atoms with van der Waals surface area (Å²) in [5, 5.41) is 6.49. The largest absolute Gasteiger partial charge is 0.493 e. The van der Waals surface area contributed by atoms with Crippen LogP contribution in [-0.4, -0.2) is 54.1 Å². The van der Waals surface area contributed by atoms with Gasteiger partial charge in [-0.2, -0.15) is 0 Å². The fraction of sp³-hybridized carbons (Fsp3) is 0.538. The van der Waals surface area contributed by atoms with Gasteiger partial charge in [-0.3, -0.25) is 9.13 Å². The molecule has 1 atom stereocenters. The third-order valence-electron chi connectivity index (χ3n) is 3.37. The Hall–Kier alpha value is -0.370. The Morgan fingerprint density at radius 2 is 1.58 bits per heavy atom. The lowest BCUT2D eigenvalue weighted by Crippen LogP contribution is -2.31. The molecule has 11 heteroatoms. The summed E-state index contributed by atoms with van der Waals surface area (Å²) in [5.41, 5.74) is 0. The number of hydrogen-bond donors (Lipinski definition) is 5. The molecule has 138 valence electrons. The summed E-state index contributed by atoms with van der Waals surface area (Å²) in [7, 11) is -11.1. The molecule has 0 radical (unpaired) electrons. The van der Waals surface area contributed by atoms with Crippen LogP contribution in [0.15, 0.2) is 30.3 Å². The molecule has 5 N–H and O–H groups in total. The van der Waals surface area contributed by atoms with E-state index < -0.39 is 26.7 Å². The molecule has 0 amide bonds. The molecule has 0 aliphatic rings. The van der Waals surface area contributed by atoms with Gasteiger partial charge in [-0.1, -0.05) is 18.2 Å². The van der Waals surface area contributed by atoms with Gasteiger partial charge >= 0.3 is 15.2 Å². The molecule has 24 heavy (non-hydrogen) atoms. The summed E-state index contributed by atoms with van der Waals surface area (Å²) in [5.74, 6) is 1.49. The molecule has 0 aliphatic carbocycles. The molecule has 0 heterocycles. The number of aliphatic hydroxyl groups is 1. The van der Waals surface area contributed by atoms with Crippen molar-refractivity contribution >= 4 is 26.1 Å². The minimum absolute atomic E-state index is 0.0953.